The highest BCUT2D eigenvalue weighted by atomic mass is 16.7. The molecule has 0 radical (unpaired) electrons. The molecule has 4 nitrogen and oxygen atoms in total. The SMILES string of the molecule is c1ccc2c(c1)CON2c1cnc2c(c1)CCN2. The van der Waals surface area contributed by atoms with Crippen LogP contribution in [0.1, 0.15) is 11.1 Å². The van der Waals surface area contributed by atoms with Crippen LogP contribution < -0.4 is 10.4 Å². The zero-order chi connectivity index (χ0) is 11.9. The van der Waals surface area contributed by atoms with Crippen LogP contribution in [0.3, 0.4) is 0 Å². The molecule has 2 aromatic rings. The van der Waals surface area contributed by atoms with Gasteiger partial charge in [-0.15, -0.1) is 0 Å². The van der Waals surface area contributed by atoms with Crippen LogP contribution in [0.25, 0.3) is 0 Å². The van der Waals surface area contributed by atoms with E-state index in [0.29, 0.717) is 6.61 Å². The molecule has 1 aromatic heterocycles. The summed E-state index contributed by atoms with van der Waals surface area (Å²) in [4.78, 5) is 10.2. The van der Waals surface area contributed by atoms with Gasteiger partial charge in [-0.1, -0.05) is 18.2 Å². The molecule has 90 valence electrons. The second kappa shape index (κ2) is 3.71. The van der Waals surface area contributed by atoms with Crippen LogP contribution in [-0.4, -0.2) is 11.5 Å². The molecule has 4 rings (SSSR count). The summed E-state index contributed by atoms with van der Waals surface area (Å²) in [5, 5.41) is 5.14. The molecule has 1 N–H and O–H groups in total. The van der Waals surface area contributed by atoms with Gasteiger partial charge in [-0.05, 0) is 24.1 Å². The number of hydrogen-bond donors (Lipinski definition) is 1. The number of fused-ring (bicyclic) bond motifs is 2. The largest absolute Gasteiger partial charge is 0.370 e. The molecule has 0 unspecified atom stereocenters. The van der Waals surface area contributed by atoms with E-state index in [-0.39, 0.29) is 0 Å². The maximum atomic E-state index is 5.74. The van der Waals surface area contributed by atoms with Crippen molar-refractivity contribution >= 4 is 17.2 Å². The van der Waals surface area contributed by atoms with Gasteiger partial charge in [0.25, 0.3) is 0 Å². The van der Waals surface area contributed by atoms with Gasteiger partial charge in [-0.25, -0.2) is 10.0 Å². The third-order valence-corrected chi connectivity index (χ3v) is 3.43. The molecule has 2 aliphatic heterocycles. The summed E-state index contributed by atoms with van der Waals surface area (Å²) in [5.41, 5.74) is 4.60. The van der Waals surface area contributed by atoms with Gasteiger partial charge in [0.2, 0.25) is 0 Å². The highest BCUT2D eigenvalue weighted by Gasteiger charge is 2.23. The van der Waals surface area contributed by atoms with Gasteiger partial charge in [0.1, 0.15) is 12.4 Å². The van der Waals surface area contributed by atoms with E-state index in [9.17, 15) is 0 Å². The van der Waals surface area contributed by atoms with Crippen LogP contribution >= 0.6 is 0 Å². The van der Waals surface area contributed by atoms with Crippen molar-refractivity contribution < 1.29 is 4.84 Å². The molecule has 0 saturated carbocycles. The van der Waals surface area contributed by atoms with E-state index < -0.39 is 0 Å². The Morgan fingerprint density at radius 3 is 3.17 bits per heavy atom. The van der Waals surface area contributed by atoms with E-state index in [0.717, 1.165) is 30.2 Å². The topological polar surface area (TPSA) is 37.4 Å². The molecule has 0 spiro atoms. The van der Waals surface area contributed by atoms with E-state index in [4.69, 9.17) is 4.84 Å². The first-order valence-corrected chi connectivity index (χ1v) is 6.15. The lowest BCUT2D eigenvalue weighted by Gasteiger charge is -2.17. The summed E-state index contributed by atoms with van der Waals surface area (Å²) >= 11 is 0. The molecule has 0 aliphatic carbocycles. The molecule has 4 heteroatoms. The Hall–Kier alpha value is -2.07. The average Bonchev–Trinajstić information content (AvgIpc) is 3.04. The van der Waals surface area contributed by atoms with Gasteiger partial charge in [0.15, 0.2) is 0 Å². The highest BCUT2D eigenvalue weighted by molar-refractivity contribution is 5.67. The summed E-state index contributed by atoms with van der Waals surface area (Å²) in [7, 11) is 0. The van der Waals surface area contributed by atoms with Gasteiger partial charge < -0.3 is 5.32 Å². The minimum absolute atomic E-state index is 0.630. The Balaban J connectivity index is 1.77. The quantitative estimate of drug-likeness (QED) is 0.830. The zero-order valence-electron chi connectivity index (χ0n) is 9.89. The predicted octanol–water partition coefficient (Wildman–Crippen LogP) is 2.63. The van der Waals surface area contributed by atoms with E-state index in [1.165, 1.54) is 11.1 Å². The molecule has 1 aromatic carbocycles. The average molecular weight is 239 g/mol. The standard InChI is InChI=1S/C14H13N3O/c1-2-4-13-11(3-1)9-18-17(13)12-7-10-5-6-15-14(10)16-8-12/h1-4,7-8H,5-6,9H2,(H,15,16). The minimum atomic E-state index is 0.630. The molecule has 0 amide bonds. The van der Waals surface area contributed by atoms with E-state index in [2.05, 4.69) is 28.5 Å². The van der Waals surface area contributed by atoms with Crippen LogP contribution in [0.4, 0.5) is 17.2 Å². The summed E-state index contributed by atoms with van der Waals surface area (Å²) in [5.74, 6) is 1.01. The molecule has 18 heavy (non-hydrogen) atoms. The van der Waals surface area contributed by atoms with Gasteiger partial charge >= 0.3 is 0 Å². The smallest absolute Gasteiger partial charge is 0.129 e. The lowest BCUT2D eigenvalue weighted by atomic mass is 10.2. The third kappa shape index (κ3) is 1.39. The van der Waals surface area contributed by atoms with E-state index in [1.54, 1.807) is 0 Å². The number of rotatable bonds is 1. The van der Waals surface area contributed by atoms with Crippen LogP contribution in [0.2, 0.25) is 0 Å². The molecular formula is C14H13N3O. The monoisotopic (exact) mass is 239 g/mol. The fourth-order valence-electron chi connectivity index (χ4n) is 2.52. The van der Waals surface area contributed by atoms with Crippen molar-refractivity contribution in [2.45, 2.75) is 13.0 Å². The van der Waals surface area contributed by atoms with Crippen molar-refractivity contribution in [1.29, 1.82) is 0 Å². The molecule has 3 heterocycles. The number of para-hydroxylation sites is 1. The molecule has 0 fully saturated rings. The number of pyridine rings is 1. The lowest BCUT2D eigenvalue weighted by molar-refractivity contribution is 0.145. The number of nitrogens with zero attached hydrogens (tertiary/aromatic N) is 2. The van der Waals surface area contributed by atoms with Crippen molar-refractivity contribution in [2.24, 2.45) is 0 Å². The maximum Gasteiger partial charge on any atom is 0.129 e. The van der Waals surface area contributed by atoms with Crippen molar-refractivity contribution in [2.75, 3.05) is 16.9 Å². The van der Waals surface area contributed by atoms with Gasteiger partial charge in [0.05, 0.1) is 17.6 Å². The first kappa shape index (κ1) is 9.91. The zero-order valence-corrected chi connectivity index (χ0v) is 9.89. The van der Waals surface area contributed by atoms with Crippen molar-refractivity contribution in [1.82, 2.24) is 4.98 Å². The Kier molecular flexibility index (Phi) is 2.04. The van der Waals surface area contributed by atoms with E-state index >= 15 is 0 Å². The number of aromatic nitrogens is 1. The Bertz CT molecular complexity index is 612. The Labute approximate surface area is 105 Å². The summed E-state index contributed by atoms with van der Waals surface area (Å²) in [6.45, 7) is 1.61. The number of anilines is 3. The fourth-order valence-corrected chi connectivity index (χ4v) is 2.52. The van der Waals surface area contributed by atoms with Gasteiger partial charge in [-0.3, -0.25) is 4.84 Å². The maximum absolute atomic E-state index is 5.74. The van der Waals surface area contributed by atoms with Crippen LogP contribution in [-0.2, 0) is 17.9 Å². The summed E-state index contributed by atoms with van der Waals surface area (Å²) < 4.78 is 0. The fraction of sp³-hybridized carbons (Fsp3) is 0.214. The molecular weight excluding hydrogens is 226 g/mol. The van der Waals surface area contributed by atoms with Gasteiger partial charge in [0, 0.05) is 12.1 Å². The predicted molar refractivity (Wildman–Crippen MR) is 69.8 cm³/mol. The normalized spacial score (nSPS) is 16.3. The third-order valence-electron chi connectivity index (χ3n) is 3.43. The summed E-state index contributed by atoms with van der Waals surface area (Å²) in [6, 6.07) is 10.4. The number of benzene rings is 1. The Morgan fingerprint density at radius 2 is 2.17 bits per heavy atom. The number of nitrogens with one attached hydrogen (secondary N) is 1. The van der Waals surface area contributed by atoms with Crippen LogP contribution in [0.5, 0.6) is 0 Å². The van der Waals surface area contributed by atoms with Crippen molar-refractivity contribution in [3.8, 4) is 0 Å². The second-order valence-electron chi connectivity index (χ2n) is 4.57. The lowest BCUT2D eigenvalue weighted by Crippen LogP contribution is -2.11. The molecule has 0 bridgehead atoms. The van der Waals surface area contributed by atoms with Crippen LogP contribution in [0.15, 0.2) is 36.5 Å². The van der Waals surface area contributed by atoms with E-state index in [1.807, 2.05) is 23.4 Å². The van der Waals surface area contributed by atoms with Crippen molar-refractivity contribution in [3.63, 3.8) is 0 Å². The number of hydrogen-bond acceptors (Lipinski definition) is 4. The van der Waals surface area contributed by atoms with Crippen LogP contribution in [0, 0.1) is 0 Å². The first-order valence-electron chi connectivity index (χ1n) is 6.15. The van der Waals surface area contributed by atoms with Gasteiger partial charge in [-0.2, -0.15) is 0 Å². The Morgan fingerprint density at radius 1 is 1.22 bits per heavy atom. The van der Waals surface area contributed by atoms with Crippen molar-refractivity contribution in [3.05, 3.63) is 47.7 Å². The molecule has 2 aliphatic rings. The highest BCUT2D eigenvalue weighted by Crippen LogP contribution is 2.36. The second-order valence-corrected chi connectivity index (χ2v) is 4.57. The molecule has 0 saturated heterocycles. The summed E-state index contributed by atoms with van der Waals surface area (Å²) in [6.07, 6.45) is 2.89. The first-order chi connectivity index (χ1) is 8.92. The molecule has 0 atom stereocenters. The minimum Gasteiger partial charge on any atom is -0.370 e.